The largest absolute Gasteiger partial charge is 0.466 e. The molecule has 0 spiro atoms. The van der Waals surface area contributed by atoms with E-state index in [2.05, 4.69) is 9.72 Å². The first-order chi connectivity index (χ1) is 7.15. The molecule has 0 saturated heterocycles. The summed E-state index contributed by atoms with van der Waals surface area (Å²) in [5, 5.41) is 0. The second kappa shape index (κ2) is 5.38. The number of esters is 1. The van der Waals surface area contributed by atoms with Crippen LogP contribution in [0.1, 0.15) is 24.6 Å². The number of pyridine rings is 1. The predicted octanol–water partition coefficient (Wildman–Crippen LogP) is 2.12. The maximum absolute atomic E-state index is 12.4. The Kier molecular flexibility index (Phi) is 4.15. The van der Waals surface area contributed by atoms with Crippen molar-refractivity contribution in [2.75, 3.05) is 6.61 Å². The van der Waals surface area contributed by atoms with Crippen molar-refractivity contribution in [1.82, 2.24) is 4.98 Å². The lowest BCUT2D eigenvalue weighted by atomic mass is 10.1. The second-order valence-electron chi connectivity index (χ2n) is 2.83. The van der Waals surface area contributed by atoms with Gasteiger partial charge in [-0.3, -0.25) is 9.78 Å². The SMILES string of the molecule is CCOC(=O)Cc1cccnc1C(F)F. The molecule has 0 aromatic carbocycles. The summed E-state index contributed by atoms with van der Waals surface area (Å²) >= 11 is 0. The Morgan fingerprint density at radius 1 is 1.60 bits per heavy atom. The zero-order valence-electron chi connectivity index (χ0n) is 8.24. The number of carbonyl (C=O) groups excluding carboxylic acids is 1. The standard InChI is InChI=1S/C10H11F2NO2/c1-2-15-8(14)6-7-4-3-5-13-9(7)10(11)12/h3-5,10H,2,6H2,1H3. The summed E-state index contributed by atoms with van der Waals surface area (Å²) < 4.78 is 29.6. The van der Waals surface area contributed by atoms with Crippen LogP contribution < -0.4 is 0 Å². The van der Waals surface area contributed by atoms with Crippen LogP contribution in [0, 0.1) is 0 Å². The molecule has 0 aliphatic carbocycles. The fourth-order valence-electron chi connectivity index (χ4n) is 1.16. The van der Waals surface area contributed by atoms with Gasteiger partial charge in [-0.15, -0.1) is 0 Å². The summed E-state index contributed by atoms with van der Waals surface area (Å²) in [6, 6.07) is 2.96. The lowest BCUT2D eigenvalue weighted by Crippen LogP contribution is -2.10. The number of halogens is 2. The van der Waals surface area contributed by atoms with Gasteiger partial charge < -0.3 is 4.74 Å². The van der Waals surface area contributed by atoms with Gasteiger partial charge in [-0.2, -0.15) is 0 Å². The molecular weight excluding hydrogens is 204 g/mol. The quantitative estimate of drug-likeness (QED) is 0.722. The molecule has 0 amide bonds. The lowest BCUT2D eigenvalue weighted by Gasteiger charge is -2.06. The van der Waals surface area contributed by atoms with Crippen molar-refractivity contribution in [2.24, 2.45) is 0 Å². The average molecular weight is 215 g/mol. The van der Waals surface area contributed by atoms with Crippen LogP contribution in [0.15, 0.2) is 18.3 Å². The third-order valence-electron chi connectivity index (χ3n) is 1.77. The predicted molar refractivity (Wildman–Crippen MR) is 49.5 cm³/mol. The topological polar surface area (TPSA) is 39.2 Å². The fraction of sp³-hybridized carbons (Fsp3) is 0.400. The summed E-state index contributed by atoms with van der Waals surface area (Å²) in [4.78, 5) is 14.6. The Morgan fingerprint density at radius 2 is 2.33 bits per heavy atom. The molecule has 0 bridgehead atoms. The zero-order valence-corrected chi connectivity index (χ0v) is 8.24. The highest BCUT2D eigenvalue weighted by Crippen LogP contribution is 2.20. The summed E-state index contributed by atoms with van der Waals surface area (Å²) in [5.41, 5.74) is -0.142. The smallest absolute Gasteiger partial charge is 0.310 e. The highest BCUT2D eigenvalue weighted by atomic mass is 19.3. The van der Waals surface area contributed by atoms with Crippen molar-refractivity contribution in [2.45, 2.75) is 19.8 Å². The molecule has 0 radical (unpaired) electrons. The van der Waals surface area contributed by atoms with Crippen LogP contribution in [-0.2, 0) is 16.0 Å². The Morgan fingerprint density at radius 3 is 2.93 bits per heavy atom. The van der Waals surface area contributed by atoms with Crippen LogP contribution in [0.25, 0.3) is 0 Å². The number of hydrogen-bond acceptors (Lipinski definition) is 3. The van der Waals surface area contributed by atoms with E-state index in [0.717, 1.165) is 0 Å². The van der Waals surface area contributed by atoms with Gasteiger partial charge in [-0.1, -0.05) is 6.07 Å². The molecule has 15 heavy (non-hydrogen) atoms. The monoisotopic (exact) mass is 215 g/mol. The van der Waals surface area contributed by atoms with Crippen molar-refractivity contribution >= 4 is 5.97 Å². The van der Waals surface area contributed by atoms with Crippen LogP contribution >= 0.6 is 0 Å². The van der Waals surface area contributed by atoms with Gasteiger partial charge in [-0.25, -0.2) is 8.78 Å². The van der Waals surface area contributed by atoms with Gasteiger partial charge in [0.15, 0.2) is 0 Å². The maximum Gasteiger partial charge on any atom is 0.310 e. The number of carbonyl (C=O) groups is 1. The average Bonchev–Trinajstić information content (AvgIpc) is 2.18. The molecule has 0 unspecified atom stereocenters. The molecule has 0 N–H and O–H groups in total. The molecule has 1 rings (SSSR count). The Bertz CT molecular complexity index is 342. The Labute approximate surface area is 86.1 Å². The van der Waals surface area contributed by atoms with Crippen LogP contribution in [0.3, 0.4) is 0 Å². The first kappa shape index (κ1) is 11.6. The summed E-state index contributed by atoms with van der Waals surface area (Å²) in [5.74, 6) is -0.521. The highest BCUT2D eigenvalue weighted by molar-refractivity contribution is 5.72. The number of ether oxygens (including phenoxy) is 1. The molecule has 0 saturated carbocycles. The minimum Gasteiger partial charge on any atom is -0.466 e. The second-order valence-corrected chi connectivity index (χ2v) is 2.83. The van der Waals surface area contributed by atoms with E-state index < -0.39 is 12.4 Å². The van der Waals surface area contributed by atoms with E-state index in [9.17, 15) is 13.6 Å². The minimum absolute atomic E-state index is 0.165. The third kappa shape index (κ3) is 3.27. The number of hydrogen-bond donors (Lipinski definition) is 0. The van der Waals surface area contributed by atoms with Crippen molar-refractivity contribution in [1.29, 1.82) is 0 Å². The van der Waals surface area contributed by atoms with Gasteiger partial charge in [0.2, 0.25) is 0 Å². The van der Waals surface area contributed by atoms with E-state index in [0.29, 0.717) is 0 Å². The maximum atomic E-state index is 12.4. The molecule has 5 heteroatoms. The summed E-state index contributed by atoms with van der Waals surface area (Å²) in [7, 11) is 0. The van der Waals surface area contributed by atoms with Crippen molar-refractivity contribution in [3.05, 3.63) is 29.6 Å². The molecule has 1 aromatic heterocycles. The van der Waals surface area contributed by atoms with Gasteiger partial charge in [0.1, 0.15) is 5.69 Å². The molecule has 3 nitrogen and oxygen atoms in total. The minimum atomic E-state index is -2.67. The lowest BCUT2D eigenvalue weighted by molar-refractivity contribution is -0.142. The van der Waals surface area contributed by atoms with Gasteiger partial charge in [0.05, 0.1) is 13.0 Å². The zero-order chi connectivity index (χ0) is 11.3. The molecule has 0 atom stereocenters. The number of nitrogens with zero attached hydrogens (tertiary/aromatic N) is 1. The Hall–Kier alpha value is -1.52. The number of rotatable bonds is 4. The molecule has 0 aliphatic heterocycles. The molecule has 0 aliphatic rings. The van der Waals surface area contributed by atoms with E-state index in [4.69, 9.17) is 0 Å². The van der Waals surface area contributed by atoms with Crippen LogP contribution in [0.4, 0.5) is 8.78 Å². The number of aromatic nitrogens is 1. The van der Waals surface area contributed by atoms with E-state index in [1.165, 1.54) is 18.3 Å². The van der Waals surface area contributed by atoms with E-state index in [1.54, 1.807) is 6.92 Å². The van der Waals surface area contributed by atoms with Gasteiger partial charge in [0, 0.05) is 6.20 Å². The van der Waals surface area contributed by atoms with E-state index >= 15 is 0 Å². The van der Waals surface area contributed by atoms with E-state index in [-0.39, 0.29) is 24.3 Å². The van der Waals surface area contributed by atoms with Crippen molar-refractivity contribution in [3.8, 4) is 0 Å². The molecule has 1 aromatic rings. The molecular formula is C10H11F2NO2. The summed E-state index contributed by atoms with van der Waals surface area (Å²) in [6.07, 6.45) is -1.56. The van der Waals surface area contributed by atoms with Crippen LogP contribution in [0.2, 0.25) is 0 Å². The normalized spacial score (nSPS) is 10.4. The van der Waals surface area contributed by atoms with Gasteiger partial charge >= 0.3 is 5.97 Å². The first-order valence-corrected chi connectivity index (χ1v) is 4.52. The Balaban J connectivity index is 2.80. The third-order valence-corrected chi connectivity index (χ3v) is 1.77. The van der Waals surface area contributed by atoms with Gasteiger partial charge in [-0.05, 0) is 18.6 Å². The molecule has 1 heterocycles. The molecule has 82 valence electrons. The van der Waals surface area contributed by atoms with Crippen LogP contribution in [-0.4, -0.2) is 17.6 Å². The van der Waals surface area contributed by atoms with Crippen molar-refractivity contribution in [3.63, 3.8) is 0 Å². The van der Waals surface area contributed by atoms with E-state index in [1.807, 2.05) is 0 Å². The molecule has 0 fully saturated rings. The number of alkyl halides is 2. The van der Waals surface area contributed by atoms with Crippen molar-refractivity contribution < 1.29 is 18.3 Å². The first-order valence-electron chi connectivity index (χ1n) is 4.52. The highest BCUT2D eigenvalue weighted by Gasteiger charge is 2.16. The van der Waals surface area contributed by atoms with Gasteiger partial charge in [0.25, 0.3) is 6.43 Å². The van der Waals surface area contributed by atoms with Crippen LogP contribution in [0.5, 0.6) is 0 Å². The summed E-state index contributed by atoms with van der Waals surface area (Å²) in [6.45, 7) is 1.90. The fourth-order valence-corrected chi connectivity index (χ4v) is 1.16.